The predicted molar refractivity (Wildman–Crippen MR) is 263 cm³/mol. The molecule has 11 atom stereocenters. The molecule has 8 rings (SSSR count). The van der Waals surface area contributed by atoms with Gasteiger partial charge in [0.15, 0.2) is 14.6 Å². The van der Waals surface area contributed by atoms with E-state index in [2.05, 4.69) is 113 Å². The summed E-state index contributed by atoms with van der Waals surface area (Å²) in [5.74, 6) is 0.445. The van der Waals surface area contributed by atoms with Crippen molar-refractivity contribution >= 4 is 36.8 Å². The Morgan fingerprint density at radius 2 is 1.57 bits per heavy atom. The summed E-state index contributed by atoms with van der Waals surface area (Å²) in [6, 6.07) is 32.9. The normalized spacial score (nSPS) is 28.8. The number of hydrogen-bond acceptors (Lipinski definition) is 12. The van der Waals surface area contributed by atoms with Crippen molar-refractivity contribution in [3.8, 4) is 5.75 Å². The van der Waals surface area contributed by atoms with Crippen molar-refractivity contribution in [1.29, 1.82) is 0 Å². The van der Waals surface area contributed by atoms with Gasteiger partial charge in [-0.25, -0.2) is 0 Å². The lowest BCUT2D eigenvalue weighted by Crippen LogP contribution is -2.63. The lowest BCUT2D eigenvalue weighted by atomic mass is 9.91. The second-order valence-corrected chi connectivity index (χ2v) is 25.3. The Kier molecular flexibility index (Phi) is 16.8. The second kappa shape index (κ2) is 22.7. The van der Waals surface area contributed by atoms with E-state index in [-0.39, 0.29) is 42.3 Å². The van der Waals surface area contributed by atoms with Gasteiger partial charge in [0.25, 0.3) is 0 Å². The molecule has 67 heavy (non-hydrogen) atoms. The lowest BCUT2D eigenvalue weighted by molar-refractivity contribution is -0.270. The molecule has 11 nitrogen and oxygen atoms in total. The van der Waals surface area contributed by atoms with Gasteiger partial charge in [-0.3, -0.25) is 4.79 Å². The van der Waals surface area contributed by atoms with Crippen molar-refractivity contribution in [3.05, 3.63) is 132 Å². The minimum atomic E-state index is -2.43. The summed E-state index contributed by atoms with van der Waals surface area (Å²) in [7, 11) is 0.619. The predicted octanol–water partition coefficient (Wildman–Crippen LogP) is 10.9. The first-order valence-electron chi connectivity index (χ1n) is 23.7. The maximum absolute atomic E-state index is 12.7. The monoisotopic (exact) mass is 952 g/mol. The largest absolute Gasteiger partial charge is 0.497 e. The fourth-order valence-corrected chi connectivity index (χ4v) is 11.3. The molecule has 4 aliphatic rings. The smallest absolute Gasteiger partial charge is 0.305 e. The van der Waals surface area contributed by atoms with E-state index in [9.17, 15) is 4.79 Å². The molecule has 4 heterocycles. The summed E-state index contributed by atoms with van der Waals surface area (Å²) >= 11 is 1.65. The molecular weight excluding hydrogens is 885 g/mol. The fraction of sp³-hybridized carbons (Fsp3) is 0.500. The Labute approximate surface area is 401 Å². The average molecular weight is 953 g/mol. The summed E-state index contributed by atoms with van der Waals surface area (Å²) < 4.78 is 66.1. The number of benzene rings is 4. The van der Waals surface area contributed by atoms with Crippen LogP contribution >= 0.6 is 11.8 Å². The molecular formula is C54H68O11SSi. The number of carbonyl (C=O) groups excluding carboxylic acids is 1. The Balaban J connectivity index is 1.10. The van der Waals surface area contributed by atoms with Gasteiger partial charge in [-0.15, -0.1) is 0 Å². The quantitative estimate of drug-likeness (QED) is 0.0351. The van der Waals surface area contributed by atoms with Crippen LogP contribution in [0.4, 0.5) is 0 Å². The number of fused-ring (bicyclic) bond motifs is 3. The highest BCUT2D eigenvalue weighted by Gasteiger charge is 2.52. The molecule has 0 N–H and O–H groups in total. The molecule has 2 saturated heterocycles. The van der Waals surface area contributed by atoms with Gasteiger partial charge in [-0.2, -0.15) is 0 Å². The number of rotatable bonds is 16. The van der Waals surface area contributed by atoms with Crippen LogP contribution in [0.5, 0.6) is 5.75 Å². The summed E-state index contributed by atoms with van der Waals surface area (Å²) in [5.41, 5.74) is 1.55. The van der Waals surface area contributed by atoms with Crippen LogP contribution in [-0.4, -0.2) is 102 Å². The van der Waals surface area contributed by atoms with Crippen molar-refractivity contribution in [2.24, 2.45) is 0 Å². The topological polar surface area (TPSA) is 109 Å². The van der Waals surface area contributed by atoms with Gasteiger partial charge in [-0.05, 0) is 84.1 Å². The Bertz CT molecular complexity index is 2270. The van der Waals surface area contributed by atoms with Crippen LogP contribution in [0.3, 0.4) is 0 Å². The van der Waals surface area contributed by atoms with Gasteiger partial charge in [0.1, 0.15) is 41.7 Å². The van der Waals surface area contributed by atoms with Crippen molar-refractivity contribution < 1.29 is 51.9 Å². The standard InChI is InChI=1S/C54H68O11SSi/c1-54(2,3)67(6,7)65-51-46(62-45-20-13-14-31-58-50(45)52(51)59-34-36-23-24-37-16-11-12-17-39(37)32-36)33-49(66-41-18-9-8-10-19-41)63-42-21-15-22-43-47(61-44(42)29-30-48(55)57-5)35-60-53(64-43)38-25-27-40(56-4)28-26-38/h8-19,22-28,32,42-47,49-53H,20-21,29-31,33-35H2,1-7H3/b22-15-/t42-,43+,44+,45+,46-,47-,49?,50+,51-,52-,53-/m1/s1. The number of esters is 1. The summed E-state index contributed by atoms with van der Waals surface area (Å²) in [5, 5.41) is 2.27. The van der Waals surface area contributed by atoms with Gasteiger partial charge in [0.2, 0.25) is 0 Å². The molecule has 0 aromatic heterocycles. The molecule has 4 aromatic rings. The van der Waals surface area contributed by atoms with E-state index in [0.29, 0.717) is 38.9 Å². The maximum atomic E-state index is 12.7. The minimum absolute atomic E-state index is 0.0910. The van der Waals surface area contributed by atoms with E-state index in [1.165, 1.54) is 17.9 Å². The SMILES string of the molecule is COC(=O)CC[C@@H]1O[C@@H]2CO[C@@H](c3ccc(OC)cc3)O[C@H]2/C=C\C[C@H]1OC(C[C@H]1O[C@H]2CC=CCO[C@@H]2[C@@H](OCc2ccc3ccccc3c2)[C@@H]1O[Si](C)(C)C(C)(C)C)Sc1ccccc1. The zero-order chi connectivity index (χ0) is 47.0. The number of thioether (sulfide) groups is 1. The highest BCUT2D eigenvalue weighted by Crippen LogP contribution is 2.44. The van der Waals surface area contributed by atoms with Crippen molar-refractivity contribution in [2.45, 2.75) is 149 Å². The van der Waals surface area contributed by atoms with Crippen molar-refractivity contribution in [1.82, 2.24) is 0 Å². The van der Waals surface area contributed by atoms with Gasteiger partial charge in [0, 0.05) is 23.3 Å². The minimum Gasteiger partial charge on any atom is -0.497 e. The highest BCUT2D eigenvalue weighted by atomic mass is 32.2. The van der Waals surface area contributed by atoms with E-state index >= 15 is 0 Å². The van der Waals surface area contributed by atoms with Gasteiger partial charge in [-0.1, -0.05) is 124 Å². The number of ether oxygens (including phenoxy) is 9. The third-order valence-corrected chi connectivity index (χ3v) is 19.3. The first kappa shape index (κ1) is 49.6. The molecule has 2 fully saturated rings. The summed E-state index contributed by atoms with van der Waals surface area (Å²) in [6.07, 6.45) is 6.36. The zero-order valence-corrected chi connectivity index (χ0v) is 41.8. The lowest BCUT2D eigenvalue weighted by Gasteiger charge is -2.50. The Morgan fingerprint density at radius 3 is 2.33 bits per heavy atom. The van der Waals surface area contributed by atoms with Crippen LogP contribution in [0.25, 0.3) is 10.8 Å². The molecule has 0 saturated carbocycles. The highest BCUT2D eigenvalue weighted by molar-refractivity contribution is 7.99. The molecule has 0 amide bonds. The molecule has 0 bridgehead atoms. The van der Waals surface area contributed by atoms with Crippen molar-refractivity contribution in [3.63, 3.8) is 0 Å². The third-order valence-electron chi connectivity index (χ3n) is 13.7. The number of methoxy groups -OCH3 is 2. The second-order valence-electron chi connectivity index (χ2n) is 19.3. The first-order chi connectivity index (χ1) is 32.4. The number of hydrogen-bond donors (Lipinski definition) is 0. The van der Waals surface area contributed by atoms with Crippen LogP contribution in [0.15, 0.2) is 126 Å². The maximum Gasteiger partial charge on any atom is 0.305 e. The van der Waals surface area contributed by atoms with E-state index in [4.69, 9.17) is 47.1 Å². The Hall–Kier alpha value is -3.86. The van der Waals surface area contributed by atoms with Crippen LogP contribution in [0.2, 0.25) is 18.1 Å². The number of carbonyl (C=O) groups is 1. The average Bonchev–Trinajstić information content (AvgIpc) is 3.57. The molecule has 0 aliphatic carbocycles. The van der Waals surface area contributed by atoms with E-state index < -0.39 is 56.7 Å². The molecule has 360 valence electrons. The molecule has 4 aliphatic heterocycles. The summed E-state index contributed by atoms with van der Waals surface area (Å²) in [6.45, 7) is 12.5. The van der Waals surface area contributed by atoms with Gasteiger partial charge < -0.3 is 47.1 Å². The van der Waals surface area contributed by atoms with Crippen LogP contribution in [-0.2, 0) is 53.7 Å². The molecule has 13 heteroatoms. The van der Waals surface area contributed by atoms with Crippen molar-refractivity contribution in [2.75, 3.05) is 27.4 Å². The molecule has 0 spiro atoms. The zero-order valence-electron chi connectivity index (χ0n) is 40.0. The fourth-order valence-electron chi connectivity index (χ4n) is 8.91. The van der Waals surface area contributed by atoms with E-state index in [0.717, 1.165) is 21.8 Å². The van der Waals surface area contributed by atoms with Crippen LogP contribution in [0, 0.1) is 0 Å². The van der Waals surface area contributed by atoms with Gasteiger partial charge in [0.05, 0.1) is 58.5 Å². The van der Waals surface area contributed by atoms with E-state index in [1.807, 2.05) is 42.5 Å². The Morgan fingerprint density at radius 1 is 0.806 bits per heavy atom. The van der Waals surface area contributed by atoms with Crippen LogP contribution < -0.4 is 4.74 Å². The van der Waals surface area contributed by atoms with Gasteiger partial charge >= 0.3 is 5.97 Å². The third kappa shape index (κ3) is 12.7. The molecule has 0 radical (unpaired) electrons. The first-order valence-corrected chi connectivity index (χ1v) is 27.5. The molecule has 4 aromatic carbocycles. The molecule has 1 unspecified atom stereocenters. The van der Waals surface area contributed by atoms with E-state index in [1.54, 1.807) is 18.9 Å². The summed E-state index contributed by atoms with van der Waals surface area (Å²) in [4.78, 5) is 13.8. The van der Waals surface area contributed by atoms with Crippen LogP contribution in [0.1, 0.15) is 70.3 Å².